The molecular weight excluding hydrogens is 241 g/mol. The maximum Gasteiger partial charge on any atom is 0.123 e. The molecule has 1 aromatic rings. The molecule has 4 heteroatoms. The van der Waals surface area contributed by atoms with E-state index in [-0.39, 0.29) is 29.8 Å². The molecule has 0 aromatic heterocycles. The van der Waals surface area contributed by atoms with Crippen molar-refractivity contribution in [3.63, 3.8) is 0 Å². The van der Waals surface area contributed by atoms with Crippen molar-refractivity contribution >= 4 is 12.4 Å². The molecule has 2 N–H and O–H groups in total. The van der Waals surface area contributed by atoms with Gasteiger partial charge in [0.1, 0.15) is 5.82 Å². The highest BCUT2D eigenvalue weighted by Crippen LogP contribution is 2.50. The fourth-order valence-electron chi connectivity index (χ4n) is 3.22. The third-order valence-corrected chi connectivity index (χ3v) is 3.98. The number of hydrogen-bond acceptors (Lipinski definition) is 2. The minimum Gasteiger partial charge on any atom is -0.387 e. The van der Waals surface area contributed by atoms with E-state index < -0.39 is 6.10 Å². The zero-order chi connectivity index (χ0) is 11.3. The van der Waals surface area contributed by atoms with Crippen molar-refractivity contribution in [1.82, 2.24) is 5.32 Å². The SMILES string of the molecule is CC12CC(C1)[C@H]([C@H](O)c1cccc(F)c1)N2.Cl. The standard InChI is InChI=1S/C13H16FNO.ClH/c1-13-6-9(7-13)11(15-13)12(16)8-3-2-4-10(14)5-8;/h2-5,9,11-12,15-16H,6-7H2,1H3;1H/t9?,11-,12-,13?;/m1./s1. The topological polar surface area (TPSA) is 32.3 Å². The highest BCUT2D eigenvalue weighted by atomic mass is 35.5. The molecule has 0 radical (unpaired) electrons. The Morgan fingerprint density at radius 1 is 1.47 bits per heavy atom. The molecule has 0 unspecified atom stereocenters. The highest BCUT2D eigenvalue weighted by Gasteiger charge is 2.54. The van der Waals surface area contributed by atoms with E-state index in [1.165, 1.54) is 12.1 Å². The molecule has 4 rings (SSSR count). The van der Waals surface area contributed by atoms with Gasteiger partial charge in [-0.25, -0.2) is 4.39 Å². The lowest BCUT2D eigenvalue weighted by molar-refractivity contribution is 0.121. The van der Waals surface area contributed by atoms with Gasteiger partial charge in [-0.2, -0.15) is 0 Å². The summed E-state index contributed by atoms with van der Waals surface area (Å²) in [6, 6.07) is 6.35. The summed E-state index contributed by atoms with van der Waals surface area (Å²) in [4.78, 5) is 0. The van der Waals surface area contributed by atoms with Crippen molar-refractivity contribution in [2.75, 3.05) is 0 Å². The summed E-state index contributed by atoms with van der Waals surface area (Å²) in [5.74, 6) is 0.261. The van der Waals surface area contributed by atoms with E-state index in [4.69, 9.17) is 0 Å². The van der Waals surface area contributed by atoms with Crippen LogP contribution in [0.15, 0.2) is 24.3 Å². The molecule has 2 bridgehead atoms. The average molecular weight is 258 g/mol. The Balaban J connectivity index is 0.00000108. The van der Waals surface area contributed by atoms with Crippen LogP contribution in [0.3, 0.4) is 0 Å². The molecule has 3 fully saturated rings. The van der Waals surface area contributed by atoms with Gasteiger partial charge in [0.05, 0.1) is 6.10 Å². The average Bonchev–Trinajstić information content (AvgIpc) is 2.70. The maximum absolute atomic E-state index is 13.1. The van der Waals surface area contributed by atoms with Gasteiger partial charge < -0.3 is 10.4 Å². The summed E-state index contributed by atoms with van der Waals surface area (Å²) in [6.07, 6.45) is 1.67. The first-order valence-electron chi connectivity index (χ1n) is 5.79. The number of hydrogen-bond donors (Lipinski definition) is 2. The van der Waals surface area contributed by atoms with E-state index in [0.717, 1.165) is 12.8 Å². The summed E-state index contributed by atoms with van der Waals surface area (Å²) in [7, 11) is 0. The van der Waals surface area contributed by atoms with Crippen LogP contribution in [-0.2, 0) is 0 Å². The molecular formula is C13H17ClFNO. The Labute approximate surface area is 107 Å². The molecule has 2 aliphatic heterocycles. The molecule has 2 heterocycles. The molecule has 2 nitrogen and oxygen atoms in total. The number of nitrogens with one attached hydrogen (secondary N) is 1. The number of fused-ring (bicyclic) bond motifs is 1. The molecule has 1 aromatic carbocycles. The van der Waals surface area contributed by atoms with Gasteiger partial charge >= 0.3 is 0 Å². The second kappa shape index (κ2) is 4.23. The molecule has 2 saturated heterocycles. The van der Waals surface area contributed by atoms with Crippen LogP contribution >= 0.6 is 12.4 Å². The highest BCUT2D eigenvalue weighted by molar-refractivity contribution is 5.85. The van der Waals surface area contributed by atoms with Crippen LogP contribution in [0.1, 0.15) is 31.4 Å². The van der Waals surface area contributed by atoms with Crippen molar-refractivity contribution in [3.05, 3.63) is 35.6 Å². The quantitative estimate of drug-likeness (QED) is 0.853. The second-order valence-electron chi connectivity index (χ2n) is 5.40. The Morgan fingerprint density at radius 3 is 2.71 bits per heavy atom. The third kappa shape index (κ3) is 2.07. The molecule has 3 aliphatic rings. The molecule has 94 valence electrons. The lowest BCUT2D eigenvalue weighted by atomic mass is 9.72. The Bertz CT molecular complexity index is 420. The van der Waals surface area contributed by atoms with Gasteiger partial charge in [0, 0.05) is 11.6 Å². The van der Waals surface area contributed by atoms with Crippen molar-refractivity contribution in [2.24, 2.45) is 5.92 Å². The Kier molecular flexibility index (Phi) is 3.19. The van der Waals surface area contributed by atoms with E-state index in [9.17, 15) is 9.50 Å². The van der Waals surface area contributed by atoms with E-state index in [2.05, 4.69) is 12.2 Å². The van der Waals surface area contributed by atoms with Crippen LogP contribution in [0.4, 0.5) is 4.39 Å². The summed E-state index contributed by atoms with van der Waals surface area (Å²) in [5, 5.41) is 13.7. The van der Waals surface area contributed by atoms with Crippen molar-refractivity contribution in [2.45, 2.75) is 37.5 Å². The minimum atomic E-state index is -0.593. The number of aliphatic hydroxyl groups excluding tert-OH is 1. The number of rotatable bonds is 2. The van der Waals surface area contributed by atoms with E-state index in [0.29, 0.717) is 11.5 Å². The van der Waals surface area contributed by atoms with E-state index in [1.807, 2.05) is 0 Å². The van der Waals surface area contributed by atoms with Gasteiger partial charge in [-0.15, -0.1) is 12.4 Å². The van der Waals surface area contributed by atoms with Gasteiger partial charge in [-0.1, -0.05) is 12.1 Å². The van der Waals surface area contributed by atoms with Gasteiger partial charge in [0.2, 0.25) is 0 Å². The number of halogens is 2. The summed E-state index contributed by atoms with van der Waals surface area (Å²) in [5.41, 5.74) is 0.887. The van der Waals surface area contributed by atoms with Crippen molar-refractivity contribution < 1.29 is 9.50 Å². The second-order valence-corrected chi connectivity index (χ2v) is 5.40. The van der Waals surface area contributed by atoms with Crippen molar-refractivity contribution in [1.29, 1.82) is 0 Å². The van der Waals surface area contributed by atoms with Crippen LogP contribution in [-0.4, -0.2) is 16.7 Å². The largest absolute Gasteiger partial charge is 0.387 e. The first-order valence-corrected chi connectivity index (χ1v) is 5.79. The smallest absolute Gasteiger partial charge is 0.123 e. The molecule has 0 amide bonds. The normalized spacial score (nSPS) is 35.9. The van der Waals surface area contributed by atoms with Crippen molar-refractivity contribution in [3.8, 4) is 0 Å². The molecule has 1 aliphatic carbocycles. The predicted octanol–water partition coefficient (Wildman–Crippen LogP) is 2.42. The predicted molar refractivity (Wildman–Crippen MR) is 66.7 cm³/mol. The van der Waals surface area contributed by atoms with Gasteiger partial charge in [-0.05, 0) is 43.4 Å². The molecule has 1 saturated carbocycles. The number of aliphatic hydroxyl groups is 1. The minimum absolute atomic E-state index is 0. The zero-order valence-electron chi connectivity index (χ0n) is 9.69. The van der Waals surface area contributed by atoms with E-state index >= 15 is 0 Å². The first kappa shape index (κ1) is 12.8. The Morgan fingerprint density at radius 2 is 2.18 bits per heavy atom. The lowest BCUT2D eigenvalue weighted by Crippen LogP contribution is -2.40. The van der Waals surface area contributed by atoms with Gasteiger partial charge in [0.15, 0.2) is 0 Å². The molecule has 0 spiro atoms. The van der Waals surface area contributed by atoms with Crippen LogP contribution in [0, 0.1) is 11.7 Å². The molecule has 2 atom stereocenters. The van der Waals surface area contributed by atoms with Crippen LogP contribution < -0.4 is 5.32 Å². The summed E-state index contributed by atoms with van der Waals surface area (Å²) < 4.78 is 13.1. The molecule has 17 heavy (non-hydrogen) atoms. The monoisotopic (exact) mass is 257 g/mol. The zero-order valence-corrected chi connectivity index (χ0v) is 10.5. The number of benzene rings is 1. The van der Waals surface area contributed by atoms with E-state index in [1.54, 1.807) is 12.1 Å². The summed E-state index contributed by atoms with van der Waals surface area (Å²) >= 11 is 0. The Hall–Kier alpha value is -0.640. The van der Waals surface area contributed by atoms with Crippen LogP contribution in [0.5, 0.6) is 0 Å². The fourth-order valence-corrected chi connectivity index (χ4v) is 3.22. The van der Waals surface area contributed by atoms with Gasteiger partial charge in [0.25, 0.3) is 0 Å². The summed E-state index contributed by atoms with van der Waals surface area (Å²) in [6.45, 7) is 2.18. The fraction of sp³-hybridized carbons (Fsp3) is 0.538. The van der Waals surface area contributed by atoms with Crippen LogP contribution in [0.25, 0.3) is 0 Å². The lowest BCUT2D eigenvalue weighted by Gasteiger charge is -2.33. The first-order chi connectivity index (χ1) is 7.57. The maximum atomic E-state index is 13.1. The van der Waals surface area contributed by atoms with Crippen LogP contribution in [0.2, 0.25) is 0 Å². The van der Waals surface area contributed by atoms with Gasteiger partial charge in [-0.3, -0.25) is 0 Å². The third-order valence-electron chi connectivity index (χ3n) is 3.98.